The van der Waals surface area contributed by atoms with Gasteiger partial charge in [-0.15, -0.1) is 10.2 Å². The molecule has 0 bridgehead atoms. The molecule has 0 radical (unpaired) electrons. The lowest BCUT2D eigenvalue weighted by Gasteiger charge is -2.24. The minimum Gasteiger partial charge on any atom is -0.494 e. The van der Waals surface area contributed by atoms with Gasteiger partial charge in [0.2, 0.25) is 5.91 Å². The zero-order valence-corrected chi connectivity index (χ0v) is 23.0. The fourth-order valence-electron chi connectivity index (χ4n) is 3.60. The number of ether oxygens (including phenoxy) is 1. The number of anilines is 2. The zero-order valence-electron chi connectivity index (χ0n) is 21.8. The number of carbonyl (C=O) groups is 1. The van der Waals surface area contributed by atoms with E-state index in [0.29, 0.717) is 40.7 Å². The molecule has 0 aliphatic rings. The third-order valence-corrected chi connectivity index (χ3v) is 5.84. The minimum absolute atomic E-state index is 0.184. The second-order valence-electron chi connectivity index (χ2n) is 9.13. The Balaban J connectivity index is 2.71. The minimum atomic E-state index is -0.373. The summed E-state index contributed by atoms with van der Waals surface area (Å²) < 4.78 is 12.6. The van der Waals surface area contributed by atoms with Crippen molar-refractivity contribution < 1.29 is 14.1 Å². The van der Waals surface area contributed by atoms with Crippen molar-refractivity contribution in [3.05, 3.63) is 23.4 Å². The third-order valence-electron chi connectivity index (χ3n) is 5.37. The number of nitrogens with zero attached hydrogens (tertiary/aromatic N) is 6. The Kier molecular flexibility index (Phi) is 9.75. The van der Waals surface area contributed by atoms with E-state index in [-0.39, 0.29) is 17.4 Å². The van der Waals surface area contributed by atoms with Crippen LogP contribution in [0.25, 0.3) is 0 Å². The number of carbonyl (C=O) groups excluding carboxylic acids is 1. The van der Waals surface area contributed by atoms with Gasteiger partial charge in [0.1, 0.15) is 23.1 Å². The topological polar surface area (TPSA) is 117 Å². The quantitative estimate of drug-likeness (QED) is 0.340. The van der Waals surface area contributed by atoms with Gasteiger partial charge >= 0.3 is 0 Å². The van der Waals surface area contributed by atoms with E-state index in [2.05, 4.69) is 41.1 Å². The predicted octanol–water partition coefficient (Wildman–Crippen LogP) is 5.48. The van der Waals surface area contributed by atoms with E-state index < -0.39 is 0 Å². The summed E-state index contributed by atoms with van der Waals surface area (Å²) in [6.07, 6.45) is -0.184. The van der Waals surface area contributed by atoms with E-state index in [4.69, 9.17) is 9.26 Å². The Morgan fingerprint density at radius 2 is 1.97 bits per heavy atom. The number of hydrogen-bond donors (Lipinski definition) is 1. The molecule has 0 saturated carbocycles. The molecule has 0 fully saturated rings. The number of nitriles is 1. The predicted molar refractivity (Wildman–Crippen MR) is 141 cm³/mol. The molecule has 2 unspecified atom stereocenters. The van der Waals surface area contributed by atoms with E-state index in [1.54, 1.807) is 17.9 Å². The summed E-state index contributed by atoms with van der Waals surface area (Å²) >= 11 is 0. The van der Waals surface area contributed by atoms with Gasteiger partial charge in [-0.1, -0.05) is 20.8 Å². The van der Waals surface area contributed by atoms with Gasteiger partial charge in [0, 0.05) is 41.0 Å². The van der Waals surface area contributed by atoms with Crippen LogP contribution in [0.5, 0.6) is 5.75 Å². The van der Waals surface area contributed by atoms with Gasteiger partial charge in [0.15, 0.2) is 5.82 Å². The van der Waals surface area contributed by atoms with E-state index >= 15 is 0 Å². The summed E-state index contributed by atoms with van der Waals surface area (Å²) in [5, 5.41) is 26.3. The maximum atomic E-state index is 11.9. The summed E-state index contributed by atoms with van der Waals surface area (Å²) in [5.74, 6) is 0.694. The summed E-state index contributed by atoms with van der Waals surface area (Å²) in [4.78, 5) is 14.1. The molecule has 0 spiro atoms. The SMILES string of the molecule is CCN(CC)c1cc(NC(C)=O)c(/N=N/c2c(C#N)c(C(C)(C)C)nn2CC(C)OP)cc1OC. The lowest BCUT2D eigenvalue weighted by molar-refractivity contribution is -0.114. The lowest BCUT2D eigenvalue weighted by Crippen LogP contribution is -2.22. The molecular weight excluding hydrogens is 465 g/mol. The lowest BCUT2D eigenvalue weighted by atomic mass is 9.90. The first-order valence-electron chi connectivity index (χ1n) is 11.5. The molecule has 190 valence electrons. The molecule has 10 nitrogen and oxygen atoms in total. The molecular formula is C24H36N7O3P. The van der Waals surface area contributed by atoms with Crippen LogP contribution < -0.4 is 15.0 Å². The first-order valence-corrected chi connectivity index (χ1v) is 12.0. The Hall–Kier alpha value is -3.02. The number of nitrogens with one attached hydrogen (secondary N) is 1. The van der Waals surface area contributed by atoms with E-state index in [1.165, 1.54) is 6.92 Å². The molecule has 1 aromatic carbocycles. The Morgan fingerprint density at radius 1 is 1.31 bits per heavy atom. The molecule has 1 heterocycles. The highest BCUT2D eigenvalue weighted by Crippen LogP contribution is 2.40. The van der Waals surface area contributed by atoms with Crippen LogP contribution in [0.3, 0.4) is 0 Å². The third kappa shape index (κ3) is 6.77. The highest BCUT2D eigenvalue weighted by atomic mass is 31.0. The molecule has 1 N–H and O–H groups in total. The van der Waals surface area contributed by atoms with Crippen molar-refractivity contribution in [2.75, 3.05) is 30.4 Å². The standard InChI is InChI=1S/C24H36N7O3P/c1-9-30(10-2)20-11-18(26-16(4)32)19(12-21(20)33-8)27-28-23-17(13-25)22(24(5,6)7)29-31(23)14-15(3)34-35/h11-12,15H,9-10,14,35H2,1-8H3,(H,26,32)/b28-27+. The van der Waals surface area contributed by atoms with Gasteiger partial charge in [0.05, 0.1) is 36.8 Å². The normalized spacial score (nSPS) is 12.5. The summed E-state index contributed by atoms with van der Waals surface area (Å²) in [5.41, 5.74) is 2.33. The summed E-state index contributed by atoms with van der Waals surface area (Å²) in [7, 11) is 3.83. The Morgan fingerprint density at radius 3 is 2.46 bits per heavy atom. The second-order valence-corrected chi connectivity index (χ2v) is 9.40. The fourth-order valence-corrected chi connectivity index (χ4v) is 3.69. The van der Waals surface area contributed by atoms with Crippen LogP contribution in [0, 0.1) is 11.3 Å². The molecule has 2 atom stereocenters. The summed E-state index contributed by atoms with van der Waals surface area (Å²) in [6.45, 7) is 15.3. The van der Waals surface area contributed by atoms with Gasteiger partial charge in [-0.3, -0.25) is 4.79 Å². The van der Waals surface area contributed by atoms with Crippen LogP contribution in [-0.2, 0) is 21.3 Å². The van der Waals surface area contributed by atoms with E-state index in [1.807, 2.05) is 47.6 Å². The maximum absolute atomic E-state index is 11.9. The van der Waals surface area contributed by atoms with Gasteiger partial charge in [0.25, 0.3) is 0 Å². The molecule has 1 amide bonds. The number of benzene rings is 1. The Labute approximate surface area is 210 Å². The number of amides is 1. The average Bonchev–Trinajstić information content (AvgIpc) is 3.16. The highest BCUT2D eigenvalue weighted by molar-refractivity contribution is 7.09. The average molecular weight is 502 g/mol. The molecule has 0 aliphatic carbocycles. The molecule has 0 saturated heterocycles. The van der Waals surface area contributed by atoms with Gasteiger partial charge in [-0.2, -0.15) is 10.4 Å². The van der Waals surface area contributed by atoms with Crippen molar-refractivity contribution >= 4 is 38.3 Å². The number of hydrogen-bond acceptors (Lipinski definition) is 8. The second kappa shape index (κ2) is 12.1. The van der Waals surface area contributed by atoms with Crippen LogP contribution in [0.4, 0.5) is 22.9 Å². The highest BCUT2D eigenvalue weighted by Gasteiger charge is 2.28. The number of azo groups is 1. The molecule has 2 rings (SSSR count). The van der Waals surface area contributed by atoms with Gasteiger partial charge < -0.3 is 19.5 Å². The van der Waals surface area contributed by atoms with Crippen molar-refractivity contribution in [1.29, 1.82) is 5.26 Å². The monoisotopic (exact) mass is 501 g/mol. The first-order chi connectivity index (χ1) is 16.5. The first kappa shape index (κ1) is 28.2. The summed E-state index contributed by atoms with van der Waals surface area (Å²) in [6, 6.07) is 5.80. The van der Waals surface area contributed by atoms with Crippen molar-refractivity contribution in [2.45, 2.75) is 66.5 Å². The van der Waals surface area contributed by atoms with Crippen molar-refractivity contribution in [2.24, 2.45) is 10.2 Å². The molecule has 11 heteroatoms. The number of methoxy groups -OCH3 is 1. The molecule has 0 aliphatic heterocycles. The number of rotatable bonds is 10. The van der Waals surface area contributed by atoms with Crippen LogP contribution in [0.2, 0.25) is 0 Å². The van der Waals surface area contributed by atoms with Crippen molar-refractivity contribution in [3.8, 4) is 11.8 Å². The zero-order chi connectivity index (χ0) is 26.3. The fraction of sp³-hybridized carbons (Fsp3) is 0.542. The largest absolute Gasteiger partial charge is 0.494 e. The van der Waals surface area contributed by atoms with Crippen LogP contribution in [0.15, 0.2) is 22.4 Å². The number of aromatic nitrogens is 2. The van der Waals surface area contributed by atoms with Crippen molar-refractivity contribution in [1.82, 2.24) is 9.78 Å². The van der Waals surface area contributed by atoms with E-state index in [0.717, 1.165) is 18.8 Å². The van der Waals surface area contributed by atoms with Gasteiger partial charge in [-0.05, 0) is 26.8 Å². The van der Waals surface area contributed by atoms with Crippen LogP contribution in [-0.4, -0.2) is 42.0 Å². The van der Waals surface area contributed by atoms with Crippen molar-refractivity contribution in [3.63, 3.8) is 0 Å². The van der Waals surface area contributed by atoms with Crippen LogP contribution >= 0.6 is 9.47 Å². The molecule has 2 aromatic rings. The molecule has 35 heavy (non-hydrogen) atoms. The molecule has 1 aromatic heterocycles. The smallest absolute Gasteiger partial charge is 0.221 e. The van der Waals surface area contributed by atoms with Gasteiger partial charge in [-0.25, -0.2) is 4.68 Å². The van der Waals surface area contributed by atoms with E-state index in [9.17, 15) is 10.1 Å². The van der Waals surface area contributed by atoms with Crippen LogP contribution in [0.1, 0.15) is 59.7 Å². The Bertz CT molecular complexity index is 1110. The maximum Gasteiger partial charge on any atom is 0.221 e.